The zero-order valence-electron chi connectivity index (χ0n) is 13.9. The summed E-state index contributed by atoms with van der Waals surface area (Å²) in [6.07, 6.45) is 1.29. The van der Waals surface area contributed by atoms with Gasteiger partial charge < -0.3 is 15.3 Å². The maximum absolute atomic E-state index is 12.5. The molecule has 0 unspecified atom stereocenters. The Kier molecular flexibility index (Phi) is 5.69. The van der Waals surface area contributed by atoms with E-state index in [9.17, 15) is 14.7 Å². The van der Waals surface area contributed by atoms with Gasteiger partial charge in [-0.15, -0.1) is 0 Å². The molecule has 0 radical (unpaired) electrons. The minimum Gasteiger partial charge on any atom is -0.508 e. The fourth-order valence-corrected chi connectivity index (χ4v) is 3.36. The Morgan fingerprint density at radius 1 is 1.08 bits per heavy atom. The third-order valence-corrected chi connectivity index (χ3v) is 4.95. The Bertz CT molecular complexity index is 833. The molecule has 26 heavy (non-hydrogen) atoms. The van der Waals surface area contributed by atoms with Crippen LogP contribution in [-0.2, 0) is 0 Å². The molecule has 1 fully saturated rings. The van der Waals surface area contributed by atoms with Crippen molar-refractivity contribution >= 4 is 35.0 Å². The lowest BCUT2D eigenvalue weighted by Gasteiger charge is -2.32. The topological polar surface area (TPSA) is 69.6 Å². The number of benzene rings is 2. The lowest BCUT2D eigenvalue weighted by Crippen LogP contribution is -2.46. The average molecular weight is 393 g/mol. The molecule has 0 aromatic heterocycles. The number of hydrogen-bond donors (Lipinski definition) is 2. The number of phenols is 1. The van der Waals surface area contributed by atoms with Crippen molar-refractivity contribution in [2.75, 3.05) is 13.1 Å². The van der Waals surface area contributed by atoms with Gasteiger partial charge in [-0.25, -0.2) is 0 Å². The molecule has 136 valence electrons. The van der Waals surface area contributed by atoms with Crippen LogP contribution in [0.1, 0.15) is 33.6 Å². The number of nitrogens with one attached hydrogen (secondary N) is 1. The van der Waals surface area contributed by atoms with Gasteiger partial charge >= 0.3 is 0 Å². The monoisotopic (exact) mass is 392 g/mol. The van der Waals surface area contributed by atoms with Gasteiger partial charge in [-0.3, -0.25) is 9.59 Å². The van der Waals surface area contributed by atoms with Gasteiger partial charge in [-0.1, -0.05) is 29.3 Å². The first-order chi connectivity index (χ1) is 12.4. The number of rotatable bonds is 3. The quantitative estimate of drug-likeness (QED) is 0.835. The maximum Gasteiger partial charge on any atom is 0.253 e. The highest BCUT2D eigenvalue weighted by molar-refractivity contribution is 6.35. The molecule has 0 aliphatic carbocycles. The number of piperidine rings is 1. The molecule has 5 nitrogen and oxygen atoms in total. The summed E-state index contributed by atoms with van der Waals surface area (Å²) in [5.74, 6) is -0.324. The lowest BCUT2D eigenvalue weighted by atomic mass is 10.0. The number of likely N-dealkylation sites (tertiary alicyclic amines) is 1. The summed E-state index contributed by atoms with van der Waals surface area (Å²) in [6.45, 7) is 1.06. The van der Waals surface area contributed by atoms with Crippen molar-refractivity contribution in [2.24, 2.45) is 0 Å². The SMILES string of the molecule is O=C(NC1CCN(C(=O)c2cccc(O)c2)CC1)c1cc(Cl)ccc1Cl. The molecule has 0 saturated carbocycles. The number of phenolic OH excluding ortho intramolecular Hbond substituents is 1. The molecule has 1 saturated heterocycles. The number of carbonyl (C=O) groups is 2. The van der Waals surface area contributed by atoms with E-state index >= 15 is 0 Å². The van der Waals surface area contributed by atoms with Crippen LogP contribution in [0.2, 0.25) is 10.0 Å². The van der Waals surface area contributed by atoms with E-state index in [1.807, 2.05) is 0 Å². The second kappa shape index (κ2) is 7.98. The van der Waals surface area contributed by atoms with Crippen LogP contribution in [0, 0.1) is 0 Å². The summed E-state index contributed by atoms with van der Waals surface area (Å²) in [7, 11) is 0. The molecule has 3 rings (SSSR count). The Hall–Kier alpha value is -2.24. The molecule has 2 amide bonds. The minimum atomic E-state index is -0.268. The van der Waals surface area contributed by atoms with Crippen molar-refractivity contribution in [3.05, 3.63) is 63.6 Å². The zero-order valence-corrected chi connectivity index (χ0v) is 15.4. The molecule has 1 aliphatic rings. The van der Waals surface area contributed by atoms with Crippen LogP contribution in [0.15, 0.2) is 42.5 Å². The first-order valence-corrected chi connectivity index (χ1v) is 9.04. The van der Waals surface area contributed by atoms with Crippen LogP contribution in [0.25, 0.3) is 0 Å². The number of halogens is 2. The predicted octanol–water partition coefficient (Wildman–Crippen LogP) is 3.73. The summed E-state index contributed by atoms with van der Waals surface area (Å²) < 4.78 is 0. The van der Waals surface area contributed by atoms with Gasteiger partial charge in [-0.2, -0.15) is 0 Å². The highest BCUT2D eigenvalue weighted by Gasteiger charge is 2.25. The zero-order chi connectivity index (χ0) is 18.7. The van der Waals surface area contributed by atoms with Gasteiger partial charge in [0, 0.05) is 29.7 Å². The normalized spacial score (nSPS) is 14.9. The Balaban J connectivity index is 1.57. The number of carbonyl (C=O) groups excluding carboxylic acids is 2. The first kappa shape index (κ1) is 18.5. The van der Waals surface area contributed by atoms with Crippen molar-refractivity contribution in [3.8, 4) is 5.75 Å². The maximum atomic E-state index is 12.5. The van der Waals surface area contributed by atoms with Crippen LogP contribution >= 0.6 is 23.2 Å². The number of nitrogens with zero attached hydrogens (tertiary/aromatic N) is 1. The number of aromatic hydroxyl groups is 1. The molecule has 2 N–H and O–H groups in total. The van der Waals surface area contributed by atoms with Crippen molar-refractivity contribution in [1.82, 2.24) is 10.2 Å². The summed E-state index contributed by atoms with van der Waals surface area (Å²) >= 11 is 12.0. The molecule has 1 heterocycles. The van der Waals surface area contributed by atoms with Crippen LogP contribution in [0.4, 0.5) is 0 Å². The van der Waals surface area contributed by atoms with Crippen molar-refractivity contribution in [2.45, 2.75) is 18.9 Å². The Labute approximate surface area is 161 Å². The molecule has 2 aromatic rings. The van der Waals surface area contributed by atoms with Gasteiger partial charge in [0.05, 0.1) is 10.6 Å². The van der Waals surface area contributed by atoms with Crippen molar-refractivity contribution in [3.63, 3.8) is 0 Å². The smallest absolute Gasteiger partial charge is 0.253 e. The fraction of sp³-hybridized carbons (Fsp3) is 0.263. The van der Waals surface area contributed by atoms with E-state index < -0.39 is 0 Å². The van der Waals surface area contributed by atoms with Crippen molar-refractivity contribution in [1.29, 1.82) is 0 Å². The molecule has 0 bridgehead atoms. The second-order valence-corrected chi connectivity index (χ2v) is 7.06. The van der Waals surface area contributed by atoms with E-state index in [4.69, 9.17) is 23.2 Å². The average Bonchev–Trinajstić information content (AvgIpc) is 2.63. The van der Waals surface area contributed by atoms with Gasteiger partial charge in [0.25, 0.3) is 11.8 Å². The van der Waals surface area contributed by atoms with Crippen molar-refractivity contribution < 1.29 is 14.7 Å². The molecular weight excluding hydrogens is 375 g/mol. The number of amides is 2. The third kappa shape index (κ3) is 4.29. The van der Waals surface area contributed by atoms with Crippen LogP contribution in [-0.4, -0.2) is 41.0 Å². The fourth-order valence-electron chi connectivity index (χ4n) is 2.98. The van der Waals surface area contributed by atoms with E-state index in [0.717, 1.165) is 0 Å². The highest BCUT2D eigenvalue weighted by Crippen LogP contribution is 2.22. The highest BCUT2D eigenvalue weighted by atomic mass is 35.5. The van der Waals surface area contributed by atoms with Gasteiger partial charge in [0.2, 0.25) is 0 Å². The van der Waals surface area contributed by atoms with Crippen LogP contribution < -0.4 is 5.32 Å². The molecule has 2 aromatic carbocycles. The van der Waals surface area contributed by atoms with E-state index in [1.165, 1.54) is 12.1 Å². The molecule has 0 spiro atoms. The molecule has 0 atom stereocenters. The van der Waals surface area contributed by atoms with Crippen LogP contribution in [0.3, 0.4) is 0 Å². The summed E-state index contributed by atoms with van der Waals surface area (Å²) in [6, 6.07) is 11.0. The van der Waals surface area contributed by atoms with Gasteiger partial charge in [-0.05, 0) is 49.2 Å². The predicted molar refractivity (Wildman–Crippen MR) is 101 cm³/mol. The summed E-state index contributed by atoms with van der Waals surface area (Å²) in [5.41, 5.74) is 0.802. The van der Waals surface area contributed by atoms with E-state index in [1.54, 1.807) is 35.2 Å². The Morgan fingerprint density at radius 3 is 2.50 bits per heavy atom. The standard InChI is InChI=1S/C19H18Cl2N2O3/c20-13-4-5-17(21)16(11-13)18(25)22-14-6-8-23(9-7-14)19(26)12-2-1-3-15(24)10-12/h1-5,10-11,14,24H,6-9H2,(H,22,25). The first-order valence-electron chi connectivity index (χ1n) is 8.28. The minimum absolute atomic E-state index is 0.0363. The van der Waals surface area contributed by atoms with E-state index in [2.05, 4.69) is 5.32 Å². The van der Waals surface area contributed by atoms with Gasteiger partial charge in [0.15, 0.2) is 0 Å². The second-order valence-electron chi connectivity index (χ2n) is 6.21. The Morgan fingerprint density at radius 2 is 1.81 bits per heavy atom. The van der Waals surface area contributed by atoms with Crippen LogP contribution in [0.5, 0.6) is 5.75 Å². The third-order valence-electron chi connectivity index (χ3n) is 4.38. The number of hydrogen-bond acceptors (Lipinski definition) is 3. The summed E-state index contributed by atoms with van der Waals surface area (Å²) in [4.78, 5) is 26.6. The molecular formula is C19H18Cl2N2O3. The van der Waals surface area contributed by atoms with E-state index in [-0.39, 0.29) is 23.6 Å². The largest absolute Gasteiger partial charge is 0.508 e. The van der Waals surface area contributed by atoms with Gasteiger partial charge in [0.1, 0.15) is 5.75 Å². The summed E-state index contributed by atoms with van der Waals surface area (Å²) in [5, 5.41) is 13.3. The molecule has 1 aliphatic heterocycles. The van der Waals surface area contributed by atoms with E-state index in [0.29, 0.717) is 47.1 Å². The lowest BCUT2D eigenvalue weighted by molar-refractivity contribution is 0.0697. The molecule has 7 heteroatoms.